The molecule has 0 saturated carbocycles. The molecule has 106 valence electrons. The number of nitrogens with zero attached hydrogens (tertiary/aromatic N) is 4. The highest BCUT2D eigenvalue weighted by molar-refractivity contribution is 5.99. The highest BCUT2D eigenvalue weighted by atomic mass is 16.4. The number of urea groups is 1. The fourth-order valence-corrected chi connectivity index (χ4v) is 1.55. The molecule has 0 bridgehead atoms. The topological polar surface area (TPSA) is 114 Å². The predicted octanol–water partition coefficient (Wildman–Crippen LogP) is 0.828. The third-order valence-electron chi connectivity index (χ3n) is 2.40. The number of hydrogen-bond donors (Lipinski definition) is 3. The monoisotopic (exact) mass is 278 g/mol. The van der Waals surface area contributed by atoms with E-state index in [1.54, 1.807) is 10.9 Å². The molecule has 0 aliphatic rings. The molecule has 0 aliphatic heterocycles. The number of nitrogens with one attached hydrogen (secondary N) is 2. The van der Waals surface area contributed by atoms with Crippen LogP contribution in [-0.2, 0) is 17.9 Å². The van der Waals surface area contributed by atoms with Crippen molar-refractivity contribution in [3.63, 3.8) is 0 Å². The van der Waals surface area contributed by atoms with Gasteiger partial charge in [-0.15, -0.1) is 0 Å². The quantitative estimate of drug-likeness (QED) is 0.749. The predicted molar refractivity (Wildman–Crippen MR) is 70.4 cm³/mol. The molecule has 2 rings (SSSR count). The van der Waals surface area contributed by atoms with Gasteiger partial charge in [0.2, 0.25) is 0 Å². The minimum Gasteiger partial charge on any atom is -0.480 e. The summed E-state index contributed by atoms with van der Waals surface area (Å²) in [5.74, 6) is -1.00. The first-order valence-corrected chi connectivity index (χ1v) is 5.91. The second kappa shape index (κ2) is 5.87. The van der Waals surface area contributed by atoms with Gasteiger partial charge in [0, 0.05) is 18.9 Å². The van der Waals surface area contributed by atoms with E-state index in [1.165, 1.54) is 23.3 Å². The van der Waals surface area contributed by atoms with Crippen molar-refractivity contribution in [2.24, 2.45) is 0 Å². The third-order valence-corrected chi connectivity index (χ3v) is 2.40. The lowest BCUT2D eigenvalue weighted by molar-refractivity contribution is -0.137. The number of carbonyl (C=O) groups excluding carboxylic acids is 1. The number of carboxylic acid groups (broad SMARTS) is 1. The van der Waals surface area contributed by atoms with Crippen LogP contribution < -0.4 is 10.6 Å². The van der Waals surface area contributed by atoms with Crippen molar-refractivity contribution in [3.05, 3.63) is 24.8 Å². The van der Waals surface area contributed by atoms with Crippen molar-refractivity contribution in [1.29, 1.82) is 0 Å². The summed E-state index contributed by atoms with van der Waals surface area (Å²) in [6, 6.07) is -0.449. The number of carboxylic acids is 1. The normalized spacial score (nSPS) is 10.2. The second-order valence-corrected chi connectivity index (χ2v) is 3.98. The average molecular weight is 278 g/mol. The van der Waals surface area contributed by atoms with E-state index in [2.05, 4.69) is 20.8 Å². The summed E-state index contributed by atoms with van der Waals surface area (Å²) in [6.45, 7) is 2.39. The summed E-state index contributed by atoms with van der Waals surface area (Å²) in [5.41, 5.74) is 0.980. The van der Waals surface area contributed by atoms with Crippen LogP contribution >= 0.6 is 0 Å². The Morgan fingerprint density at radius 1 is 1.15 bits per heavy atom. The van der Waals surface area contributed by atoms with E-state index in [-0.39, 0.29) is 6.54 Å². The van der Waals surface area contributed by atoms with Crippen molar-refractivity contribution in [1.82, 2.24) is 19.6 Å². The fraction of sp³-hybridized carbons (Fsp3) is 0.273. The Bertz CT molecular complexity index is 617. The van der Waals surface area contributed by atoms with Crippen LogP contribution in [-0.4, -0.2) is 36.7 Å². The van der Waals surface area contributed by atoms with Crippen LogP contribution in [0.25, 0.3) is 0 Å². The maximum atomic E-state index is 11.7. The van der Waals surface area contributed by atoms with Gasteiger partial charge in [0.25, 0.3) is 0 Å². The lowest BCUT2D eigenvalue weighted by atomic mass is 10.5. The summed E-state index contributed by atoms with van der Waals surface area (Å²) in [4.78, 5) is 22.2. The van der Waals surface area contributed by atoms with E-state index < -0.39 is 12.0 Å². The first-order valence-electron chi connectivity index (χ1n) is 5.91. The van der Waals surface area contributed by atoms with Gasteiger partial charge in [0.15, 0.2) is 0 Å². The highest BCUT2D eigenvalue weighted by Crippen LogP contribution is 2.08. The van der Waals surface area contributed by atoms with Crippen LogP contribution in [0.15, 0.2) is 24.8 Å². The number of hydrogen-bond acceptors (Lipinski definition) is 4. The Morgan fingerprint density at radius 3 is 2.20 bits per heavy atom. The minimum atomic E-state index is -1.00. The standard InChI is InChI=1S/C11H14N6O3/c1-2-16-5-8(3-12-16)14-11(20)15-9-4-13-17(6-9)7-10(18)19/h3-6H,2,7H2,1H3,(H,18,19)(H2,14,15,20). The zero-order chi connectivity index (χ0) is 14.5. The van der Waals surface area contributed by atoms with Gasteiger partial charge in [-0.25, -0.2) is 4.79 Å². The Labute approximate surface area is 114 Å². The molecule has 0 atom stereocenters. The molecule has 0 fully saturated rings. The molecule has 0 radical (unpaired) electrons. The SMILES string of the molecule is CCn1cc(NC(=O)Nc2cnn(CC(=O)O)c2)cn1. The Morgan fingerprint density at radius 2 is 1.70 bits per heavy atom. The summed E-state index contributed by atoms with van der Waals surface area (Å²) in [6.07, 6.45) is 6.05. The summed E-state index contributed by atoms with van der Waals surface area (Å²) in [7, 11) is 0. The molecule has 2 aromatic heterocycles. The summed E-state index contributed by atoms with van der Waals surface area (Å²) in [5, 5.41) is 21.6. The lowest BCUT2D eigenvalue weighted by Crippen LogP contribution is -2.18. The van der Waals surface area contributed by atoms with E-state index in [4.69, 9.17) is 5.11 Å². The zero-order valence-corrected chi connectivity index (χ0v) is 10.8. The molecule has 2 heterocycles. The van der Waals surface area contributed by atoms with E-state index in [0.717, 1.165) is 0 Å². The molecule has 0 aromatic carbocycles. The number of aromatic nitrogens is 4. The molecular weight excluding hydrogens is 264 g/mol. The van der Waals surface area contributed by atoms with Gasteiger partial charge < -0.3 is 15.7 Å². The summed E-state index contributed by atoms with van der Waals surface area (Å²) < 4.78 is 2.90. The van der Waals surface area contributed by atoms with Crippen molar-refractivity contribution >= 4 is 23.4 Å². The van der Waals surface area contributed by atoms with Crippen molar-refractivity contribution in [2.75, 3.05) is 10.6 Å². The van der Waals surface area contributed by atoms with Gasteiger partial charge >= 0.3 is 12.0 Å². The van der Waals surface area contributed by atoms with E-state index in [0.29, 0.717) is 17.9 Å². The second-order valence-electron chi connectivity index (χ2n) is 3.98. The van der Waals surface area contributed by atoms with Gasteiger partial charge in [-0.2, -0.15) is 10.2 Å². The van der Waals surface area contributed by atoms with Gasteiger partial charge in [0.05, 0.1) is 23.8 Å². The molecule has 9 nitrogen and oxygen atoms in total. The minimum absolute atomic E-state index is 0.257. The summed E-state index contributed by atoms with van der Waals surface area (Å²) >= 11 is 0. The third kappa shape index (κ3) is 3.57. The highest BCUT2D eigenvalue weighted by Gasteiger charge is 2.07. The first-order chi connectivity index (χ1) is 9.56. The van der Waals surface area contributed by atoms with Crippen molar-refractivity contribution < 1.29 is 14.7 Å². The Kier molecular flexibility index (Phi) is 3.99. The molecule has 0 saturated heterocycles. The van der Waals surface area contributed by atoms with Crippen LogP contribution in [0.3, 0.4) is 0 Å². The fourth-order valence-electron chi connectivity index (χ4n) is 1.55. The molecule has 0 unspecified atom stereocenters. The number of anilines is 2. The van der Waals surface area contributed by atoms with Crippen molar-refractivity contribution in [3.8, 4) is 0 Å². The maximum absolute atomic E-state index is 11.7. The number of amides is 2. The Hall–Kier alpha value is -2.84. The molecule has 20 heavy (non-hydrogen) atoms. The number of aryl methyl sites for hydroxylation is 1. The smallest absolute Gasteiger partial charge is 0.325 e. The van der Waals surface area contributed by atoms with Crippen LogP contribution in [0, 0.1) is 0 Å². The molecule has 9 heteroatoms. The van der Waals surface area contributed by atoms with E-state index in [1.807, 2.05) is 6.92 Å². The zero-order valence-electron chi connectivity index (χ0n) is 10.8. The lowest BCUT2D eigenvalue weighted by Gasteiger charge is -2.02. The van der Waals surface area contributed by atoms with Crippen LogP contribution in [0.2, 0.25) is 0 Å². The van der Waals surface area contributed by atoms with Gasteiger partial charge in [-0.05, 0) is 6.92 Å². The number of aliphatic carboxylic acids is 1. The molecular formula is C11H14N6O3. The first kappa shape index (κ1) is 13.6. The van der Waals surface area contributed by atoms with Crippen LogP contribution in [0.1, 0.15) is 6.92 Å². The number of rotatable bonds is 5. The average Bonchev–Trinajstić information content (AvgIpc) is 2.98. The van der Waals surface area contributed by atoms with E-state index in [9.17, 15) is 9.59 Å². The molecule has 2 aromatic rings. The molecule has 0 spiro atoms. The largest absolute Gasteiger partial charge is 0.480 e. The number of carbonyl (C=O) groups is 2. The molecule has 0 aliphatic carbocycles. The van der Waals surface area contributed by atoms with Gasteiger partial charge in [-0.1, -0.05) is 0 Å². The van der Waals surface area contributed by atoms with Gasteiger partial charge in [-0.3, -0.25) is 14.2 Å². The molecule has 2 amide bonds. The van der Waals surface area contributed by atoms with Crippen molar-refractivity contribution in [2.45, 2.75) is 20.0 Å². The molecule has 3 N–H and O–H groups in total. The Balaban J connectivity index is 1.90. The van der Waals surface area contributed by atoms with Gasteiger partial charge in [0.1, 0.15) is 6.54 Å². The van der Waals surface area contributed by atoms with E-state index >= 15 is 0 Å². The van der Waals surface area contributed by atoms with Crippen LogP contribution in [0.4, 0.5) is 16.2 Å². The van der Waals surface area contributed by atoms with Crippen LogP contribution in [0.5, 0.6) is 0 Å². The maximum Gasteiger partial charge on any atom is 0.325 e.